The van der Waals surface area contributed by atoms with E-state index in [1.807, 2.05) is 35.2 Å². The quantitative estimate of drug-likeness (QED) is 0.431. The van der Waals surface area contributed by atoms with Gasteiger partial charge in [-0.05, 0) is 61.7 Å². The highest BCUT2D eigenvalue weighted by Crippen LogP contribution is 2.35. The fourth-order valence-corrected chi connectivity index (χ4v) is 6.22. The fraction of sp³-hybridized carbons (Fsp3) is 0.412. The summed E-state index contributed by atoms with van der Waals surface area (Å²) in [6, 6.07) is 26.4. The first-order valence-electron chi connectivity index (χ1n) is 15.0. The molecule has 3 aromatic carbocycles. The molecule has 42 heavy (non-hydrogen) atoms. The van der Waals surface area contributed by atoms with Gasteiger partial charge in [0.25, 0.3) is 5.91 Å². The summed E-state index contributed by atoms with van der Waals surface area (Å²) in [7, 11) is 0. The van der Waals surface area contributed by atoms with E-state index in [0.29, 0.717) is 44.4 Å². The standard InChI is InChI=1S/C34H42N4O4/c1-4-42-34(41)36-18-16-35(17-19-36)33(40)30-14-8-12-28(20-30)32(29-13-9-15-31(39)21-29)38-23-25(2)37(22-26(38)3)24-27-10-6-5-7-11-27/h5-15,20-21,25-26,32,39H,4,16-19,22-24H2,1-3H3/t25-,26+,32?/m1/s1. The van der Waals surface area contributed by atoms with E-state index in [2.05, 4.69) is 66.1 Å². The molecule has 2 saturated heterocycles. The molecule has 1 N–H and O–H groups in total. The van der Waals surface area contributed by atoms with Crippen molar-refractivity contribution in [3.63, 3.8) is 0 Å². The van der Waals surface area contributed by atoms with Crippen molar-refractivity contribution in [2.45, 2.75) is 45.4 Å². The number of aromatic hydroxyl groups is 1. The Morgan fingerprint density at radius 3 is 2.19 bits per heavy atom. The smallest absolute Gasteiger partial charge is 0.409 e. The number of amides is 2. The number of carbonyl (C=O) groups excluding carboxylic acids is 2. The monoisotopic (exact) mass is 570 g/mol. The molecule has 3 aromatic rings. The fourth-order valence-electron chi connectivity index (χ4n) is 6.22. The van der Waals surface area contributed by atoms with Gasteiger partial charge >= 0.3 is 6.09 Å². The summed E-state index contributed by atoms with van der Waals surface area (Å²) in [6.07, 6.45) is -0.326. The van der Waals surface area contributed by atoms with E-state index in [1.165, 1.54) is 5.56 Å². The Bertz CT molecular complexity index is 1360. The molecule has 2 amide bonds. The number of nitrogens with zero attached hydrogens (tertiary/aromatic N) is 4. The van der Waals surface area contributed by atoms with E-state index in [-0.39, 0.29) is 29.8 Å². The molecule has 2 aliphatic heterocycles. The van der Waals surface area contributed by atoms with Gasteiger partial charge in [-0.25, -0.2) is 4.79 Å². The first-order valence-corrected chi connectivity index (χ1v) is 15.0. The second kappa shape index (κ2) is 13.4. The Hall–Kier alpha value is -3.88. The summed E-state index contributed by atoms with van der Waals surface area (Å²) in [5, 5.41) is 10.4. The van der Waals surface area contributed by atoms with Crippen LogP contribution in [0.5, 0.6) is 5.75 Å². The summed E-state index contributed by atoms with van der Waals surface area (Å²) >= 11 is 0. The third-order valence-corrected chi connectivity index (χ3v) is 8.45. The van der Waals surface area contributed by atoms with Crippen LogP contribution in [-0.2, 0) is 11.3 Å². The largest absolute Gasteiger partial charge is 0.508 e. The number of phenolic OH excluding ortho intramolecular Hbond substituents is 1. The number of ether oxygens (including phenoxy) is 1. The zero-order valence-corrected chi connectivity index (χ0v) is 24.9. The average molecular weight is 571 g/mol. The zero-order valence-electron chi connectivity index (χ0n) is 24.9. The molecule has 1 unspecified atom stereocenters. The topological polar surface area (TPSA) is 76.6 Å². The maximum atomic E-state index is 13.6. The van der Waals surface area contributed by atoms with Crippen LogP contribution in [0.4, 0.5) is 4.79 Å². The predicted octanol–water partition coefficient (Wildman–Crippen LogP) is 4.99. The van der Waals surface area contributed by atoms with Crippen molar-refractivity contribution >= 4 is 12.0 Å². The van der Waals surface area contributed by atoms with Crippen LogP contribution < -0.4 is 0 Å². The van der Waals surface area contributed by atoms with E-state index in [4.69, 9.17) is 4.74 Å². The van der Waals surface area contributed by atoms with Crippen molar-refractivity contribution in [2.75, 3.05) is 45.9 Å². The Balaban J connectivity index is 1.37. The van der Waals surface area contributed by atoms with Crippen LogP contribution >= 0.6 is 0 Å². The Kier molecular flexibility index (Phi) is 9.45. The zero-order chi connectivity index (χ0) is 29.6. The molecule has 5 rings (SSSR count). The predicted molar refractivity (Wildman–Crippen MR) is 163 cm³/mol. The van der Waals surface area contributed by atoms with E-state index < -0.39 is 0 Å². The van der Waals surface area contributed by atoms with Crippen LogP contribution in [0.1, 0.15) is 53.9 Å². The molecule has 8 nitrogen and oxygen atoms in total. The van der Waals surface area contributed by atoms with E-state index in [0.717, 1.165) is 30.8 Å². The second-order valence-electron chi connectivity index (χ2n) is 11.4. The minimum atomic E-state index is -0.326. The lowest BCUT2D eigenvalue weighted by Gasteiger charge is -2.47. The molecule has 0 saturated carbocycles. The van der Waals surface area contributed by atoms with Gasteiger partial charge in [0, 0.05) is 63.5 Å². The van der Waals surface area contributed by atoms with Gasteiger partial charge in [-0.3, -0.25) is 14.6 Å². The van der Waals surface area contributed by atoms with E-state index in [1.54, 1.807) is 17.9 Å². The van der Waals surface area contributed by atoms with E-state index in [9.17, 15) is 14.7 Å². The minimum absolute atomic E-state index is 0.0379. The maximum Gasteiger partial charge on any atom is 0.409 e. The van der Waals surface area contributed by atoms with Gasteiger partial charge in [0.15, 0.2) is 0 Å². The SMILES string of the molecule is CCOC(=O)N1CCN(C(=O)c2cccc(C(c3cccc(O)c3)N3C[C@@H](C)N(Cc4ccccc4)C[C@@H]3C)c2)CC1. The third kappa shape index (κ3) is 6.77. The number of piperazine rings is 2. The molecule has 0 bridgehead atoms. The summed E-state index contributed by atoms with van der Waals surface area (Å²) in [4.78, 5) is 34.2. The molecular weight excluding hydrogens is 528 g/mol. The van der Waals surface area contributed by atoms with Gasteiger partial charge in [-0.1, -0.05) is 54.6 Å². The Labute approximate surface area is 249 Å². The third-order valence-electron chi connectivity index (χ3n) is 8.45. The first-order chi connectivity index (χ1) is 20.3. The summed E-state index contributed by atoms with van der Waals surface area (Å²) in [5.41, 5.74) is 3.96. The van der Waals surface area contributed by atoms with Gasteiger partial charge in [-0.2, -0.15) is 0 Å². The van der Waals surface area contributed by atoms with Crippen molar-refractivity contribution in [3.05, 3.63) is 101 Å². The molecule has 2 aliphatic rings. The highest BCUT2D eigenvalue weighted by molar-refractivity contribution is 5.94. The number of carbonyl (C=O) groups is 2. The highest BCUT2D eigenvalue weighted by Gasteiger charge is 2.35. The molecule has 0 spiro atoms. The summed E-state index contributed by atoms with van der Waals surface area (Å²) in [6.45, 7) is 11.2. The van der Waals surface area contributed by atoms with E-state index >= 15 is 0 Å². The molecular formula is C34H42N4O4. The van der Waals surface area contributed by atoms with Crippen LogP contribution in [0, 0.1) is 0 Å². The highest BCUT2D eigenvalue weighted by atomic mass is 16.6. The molecule has 2 heterocycles. The number of rotatable bonds is 7. The van der Waals surface area contributed by atoms with Gasteiger partial charge in [-0.15, -0.1) is 0 Å². The second-order valence-corrected chi connectivity index (χ2v) is 11.4. The molecule has 3 atom stereocenters. The lowest BCUT2D eigenvalue weighted by atomic mass is 9.92. The molecule has 0 radical (unpaired) electrons. The lowest BCUT2D eigenvalue weighted by Crippen LogP contribution is -2.56. The van der Waals surface area contributed by atoms with Crippen molar-refractivity contribution < 1.29 is 19.4 Å². The average Bonchev–Trinajstić information content (AvgIpc) is 3.00. The van der Waals surface area contributed by atoms with Crippen molar-refractivity contribution in [1.29, 1.82) is 0 Å². The molecule has 0 aromatic heterocycles. The number of hydrogen-bond donors (Lipinski definition) is 1. The molecule has 222 valence electrons. The molecule has 2 fully saturated rings. The maximum absolute atomic E-state index is 13.6. The first kappa shape index (κ1) is 29.6. The van der Waals surface area contributed by atoms with Crippen LogP contribution in [-0.4, -0.2) is 94.7 Å². The minimum Gasteiger partial charge on any atom is -0.508 e. The van der Waals surface area contributed by atoms with Gasteiger partial charge in [0.2, 0.25) is 0 Å². The van der Waals surface area contributed by atoms with Gasteiger partial charge < -0.3 is 19.6 Å². The lowest BCUT2D eigenvalue weighted by molar-refractivity contribution is 0.0195. The normalized spacial score (nSPS) is 20.7. The number of phenols is 1. The van der Waals surface area contributed by atoms with Crippen molar-refractivity contribution in [1.82, 2.24) is 19.6 Å². The summed E-state index contributed by atoms with van der Waals surface area (Å²) < 4.78 is 5.12. The van der Waals surface area contributed by atoms with Crippen molar-refractivity contribution in [2.24, 2.45) is 0 Å². The summed E-state index contributed by atoms with van der Waals surface area (Å²) in [5.74, 6) is 0.191. The molecule has 0 aliphatic carbocycles. The number of hydrogen-bond acceptors (Lipinski definition) is 6. The van der Waals surface area contributed by atoms with Crippen molar-refractivity contribution in [3.8, 4) is 5.75 Å². The van der Waals surface area contributed by atoms with Gasteiger partial charge in [0.1, 0.15) is 5.75 Å². The van der Waals surface area contributed by atoms with Crippen LogP contribution in [0.25, 0.3) is 0 Å². The van der Waals surface area contributed by atoms with Gasteiger partial charge in [0.05, 0.1) is 12.6 Å². The Morgan fingerprint density at radius 1 is 0.833 bits per heavy atom. The molecule has 8 heteroatoms. The van der Waals surface area contributed by atoms with Crippen LogP contribution in [0.15, 0.2) is 78.9 Å². The van der Waals surface area contributed by atoms with Crippen LogP contribution in [0.2, 0.25) is 0 Å². The number of benzene rings is 3. The van der Waals surface area contributed by atoms with Crippen LogP contribution in [0.3, 0.4) is 0 Å². The Morgan fingerprint density at radius 2 is 1.50 bits per heavy atom.